The van der Waals surface area contributed by atoms with Gasteiger partial charge in [-0.2, -0.15) is 0 Å². The molecule has 57 heavy (non-hydrogen) atoms. The summed E-state index contributed by atoms with van der Waals surface area (Å²) in [5.41, 5.74) is 6.16. The van der Waals surface area contributed by atoms with Gasteiger partial charge in [0.1, 0.15) is 5.82 Å². The van der Waals surface area contributed by atoms with Gasteiger partial charge in [-0.1, -0.05) is 136 Å². The van der Waals surface area contributed by atoms with Crippen molar-refractivity contribution in [3.05, 3.63) is 146 Å². The molecule has 5 heterocycles. The Balaban J connectivity index is 0.00000356. The van der Waals surface area contributed by atoms with Gasteiger partial charge in [0, 0.05) is 32.8 Å². The molecule has 0 atom stereocenters. The molecule has 0 saturated carbocycles. The third-order valence-corrected chi connectivity index (χ3v) is 11.4. The SMILES string of the molecule is [Mg+2].c1ccc2c3c(ccc2c1)-c1nc2[n-]c(nc4[nH+]c(nc5[n-]c(nc-3[nH+]1)c1ccc3ccccc3c51)-c1c-4ccc3ccccc13)c1c3ccccc3ccc21. The molecule has 2 aliphatic rings. The van der Waals surface area contributed by atoms with Crippen molar-refractivity contribution in [2.75, 3.05) is 0 Å². The van der Waals surface area contributed by atoms with E-state index in [1.54, 1.807) is 0 Å². The van der Waals surface area contributed by atoms with Crippen LogP contribution in [-0.4, -0.2) is 43.0 Å². The van der Waals surface area contributed by atoms with Crippen LogP contribution in [0.1, 0.15) is 0 Å². The smallest absolute Gasteiger partial charge is 0.331 e. The van der Waals surface area contributed by atoms with Crippen molar-refractivity contribution in [2.24, 2.45) is 0 Å². The topological polar surface area (TPSA) is 108 Å². The third-order valence-electron chi connectivity index (χ3n) is 11.4. The van der Waals surface area contributed by atoms with Crippen molar-refractivity contribution in [1.29, 1.82) is 0 Å². The van der Waals surface area contributed by atoms with E-state index in [1.807, 2.05) is 0 Å². The Kier molecular flexibility index (Phi) is 6.76. The summed E-state index contributed by atoms with van der Waals surface area (Å²) < 4.78 is 0. The molecule has 8 nitrogen and oxygen atoms in total. The minimum Gasteiger partial charge on any atom is -0.331 e. The number of hydrogen-bond donors (Lipinski definition) is 0. The van der Waals surface area contributed by atoms with Crippen molar-refractivity contribution < 1.29 is 9.97 Å². The van der Waals surface area contributed by atoms with Crippen LogP contribution in [0, 0.1) is 0 Å². The fourth-order valence-electron chi connectivity index (χ4n) is 8.86. The number of nitrogens with zero attached hydrogens (tertiary/aromatic N) is 6. The fraction of sp³-hybridized carbons (Fsp3) is 0. The van der Waals surface area contributed by atoms with Crippen LogP contribution in [0.3, 0.4) is 0 Å². The Hall–Kier alpha value is -7.07. The number of benzene rings is 8. The Morgan fingerprint density at radius 1 is 0.316 bits per heavy atom. The molecule has 0 amide bonds. The maximum absolute atomic E-state index is 5.42. The average Bonchev–Trinajstić information content (AvgIpc) is 3.99. The maximum atomic E-state index is 5.42. The van der Waals surface area contributed by atoms with E-state index in [-0.39, 0.29) is 23.1 Å². The minimum absolute atomic E-state index is 0. The van der Waals surface area contributed by atoms with Crippen LogP contribution in [0.4, 0.5) is 0 Å². The molecule has 0 saturated heterocycles. The van der Waals surface area contributed by atoms with E-state index in [0.717, 1.165) is 86.9 Å². The summed E-state index contributed by atoms with van der Waals surface area (Å²) in [6.45, 7) is 0. The van der Waals surface area contributed by atoms with E-state index >= 15 is 0 Å². The van der Waals surface area contributed by atoms with Crippen molar-refractivity contribution in [1.82, 2.24) is 29.9 Å². The minimum atomic E-state index is 0. The van der Waals surface area contributed by atoms with E-state index in [0.29, 0.717) is 45.9 Å². The van der Waals surface area contributed by atoms with Gasteiger partial charge in [0.2, 0.25) is 0 Å². The number of hydrogen-bond acceptors (Lipinski definition) is 4. The number of nitrogens with one attached hydrogen (secondary N) is 2. The Labute approximate surface area is 339 Å². The molecule has 2 N–H and O–H groups in total. The van der Waals surface area contributed by atoms with Gasteiger partial charge in [-0.25, -0.2) is 4.98 Å². The maximum Gasteiger partial charge on any atom is 2.00 e. The predicted octanol–water partition coefficient (Wildman–Crippen LogP) is 9.20. The first-order valence-electron chi connectivity index (χ1n) is 18.6. The summed E-state index contributed by atoms with van der Waals surface area (Å²) in [5.74, 6) is 2.68. The van der Waals surface area contributed by atoms with Crippen molar-refractivity contribution in [2.45, 2.75) is 0 Å². The zero-order valence-electron chi connectivity index (χ0n) is 30.2. The van der Waals surface area contributed by atoms with Gasteiger partial charge in [0.25, 0.3) is 17.5 Å². The molecule has 11 aromatic rings. The number of aromatic nitrogens is 8. The van der Waals surface area contributed by atoms with Gasteiger partial charge in [-0.3, -0.25) is 9.97 Å². The summed E-state index contributed by atoms with van der Waals surface area (Å²) in [4.78, 5) is 39.2. The van der Waals surface area contributed by atoms with Crippen LogP contribution in [0.2, 0.25) is 0 Å². The molecular weight excluding hydrogens is 713 g/mol. The monoisotopic (exact) mass is 738 g/mol. The zero-order chi connectivity index (χ0) is 36.5. The average molecular weight is 739 g/mol. The van der Waals surface area contributed by atoms with E-state index in [4.69, 9.17) is 29.9 Å². The summed E-state index contributed by atoms with van der Waals surface area (Å²) in [6.07, 6.45) is 0. The number of fused-ring (bicyclic) bond motifs is 28. The van der Waals surface area contributed by atoms with Crippen LogP contribution >= 0.6 is 0 Å². The summed E-state index contributed by atoms with van der Waals surface area (Å²) in [5, 5.41) is 12.4. The van der Waals surface area contributed by atoms with Crippen LogP contribution in [0.5, 0.6) is 0 Å². The van der Waals surface area contributed by atoms with Gasteiger partial charge >= 0.3 is 23.1 Å². The van der Waals surface area contributed by atoms with Crippen molar-refractivity contribution in [3.8, 4) is 45.6 Å². The van der Waals surface area contributed by atoms with Gasteiger partial charge in [-0.15, -0.1) is 0 Å². The second-order valence-electron chi connectivity index (χ2n) is 14.4. The summed E-state index contributed by atoms with van der Waals surface area (Å²) in [6, 6.07) is 50.5. The molecule has 2 aliphatic heterocycles. The fourth-order valence-corrected chi connectivity index (χ4v) is 8.86. The van der Waals surface area contributed by atoms with Gasteiger partial charge in [-0.05, 0) is 67.4 Å². The van der Waals surface area contributed by atoms with E-state index in [1.165, 1.54) is 0 Å². The number of rotatable bonds is 0. The molecule has 0 radical (unpaired) electrons. The van der Waals surface area contributed by atoms with Gasteiger partial charge in [0.15, 0.2) is 16.9 Å². The molecule has 0 fully saturated rings. The molecule has 0 aliphatic carbocycles. The molecule has 258 valence electrons. The predicted molar refractivity (Wildman–Crippen MR) is 227 cm³/mol. The van der Waals surface area contributed by atoms with Crippen molar-refractivity contribution >= 4 is 110 Å². The largest absolute Gasteiger partial charge is 2.00 e. The Morgan fingerprint density at radius 3 is 1.14 bits per heavy atom. The first-order chi connectivity index (χ1) is 27.7. The molecule has 9 heteroatoms. The molecular formula is C48H26MgN8+2. The molecule has 8 bridgehead atoms. The van der Waals surface area contributed by atoms with Crippen LogP contribution in [-0.2, 0) is 0 Å². The normalized spacial score (nSPS) is 12.1. The van der Waals surface area contributed by atoms with E-state index in [9.17, 15) is 0 Å². The second-order valence-corrected chi connectivity index (χ2v) is 14.4. The first kappa shape index (κ1) is 32.2. The molecule has 0 unspecified atom stereocenters. The van der Waals surface area contributed by atoms with Gasteiger partial charge in [0.05, 0.1) is 16.7 Å². The summed E-state index contributed by atoms with van der Waals surface area (Å²) >= 11 is 0. The third kappa shape index (κ3) is 4.61. The molecule has 13 rings (SSSR count). The quantitative estimate of drug-likeness (QED) is 0.144. The zero-order valence-corrected chi connectivity index (χ0v) is 31.7. The van der Waals surface area contributed by atoms with Crippen LogP contribution in [0.25, 0.3) is 133 Å². The standard InChI is InChI=1S/C48H24N8.Mg/c1-5-13-29-25(9-1)17-21-33-37(29)45-50-41(33)49-42-34-22-18-26-10-2-6-14-30(26)38(34)46(51-42)53-44-36-24-20-28-12-4-8-16-32(28)40(36)48(55-44)56-47-39-31-15-7-3-11-27(31)19-23-35(39)43(52-45)54-47;/h1-24H;/q-2;+2/p+2. The molecule has 0 spiro atoms. The Morgan fingerprint density at radius 2 is 0.667 bits per heavy atom. The van der Waals surface area contributed by atoms with E-state index in [2.05, 4.69) is 156 Å². The van der Waals surface area contributed by atoms with Crippen LogP contribution < -0.4 is 19.9 Å². The molecule has 8 aromatic carbocycles. The molecule has 3 aromatic heterocycles. The first-order valence-corrected chi connectivity index (χ1v) is 18.6. The summed E-state index contributed by atoms with van der Waals surface area (Å²) in [7, 11) is 0. The van der Waals surface area contributed by atoms with E-state index < -0.39 is 0 Å². The number of aromatic amines is 2. The van der Waals surface area contributed by atoms with Crippen LogP contribution in [0.15, 0.2) is 146 Å². The van der Waals surface area contributed by atoms with Crippen molar-refractivity contribution in [3.63, 3.8) is 0 Å². The Bertz CT molecular complexity index is 3740. The van der Waals surface area contributed by atoms with Gasteiger partial charge < -0.3 is 9.97 Å². The number of H-pyrrole nitrogens is 2. The second kappa shape index (κ2) is 12.0.